The zero-order valence-electron chi connectivity index (χ0n) is 54.9. The molecular weight excluding hydrogens is 938 g/mol. The van der Waals surface area contributed by atoms with Crippen LogP contribution in [0.25, 0.3) is 0 Å². The van der Waals surface area contributed by atoms with Crippen LogP contribution >= 0.6 is 0 Å². The van der Waals surface area contributed by atoms with Crippen molar-refractivity contribution in [2.24, 2.45) is 33.0 Å². The van der Waals surface area contributed by atoms with Crippen LogP contribution in [0.15, 0.2) is 0 Å². The molecule has 0 aromatic carbocycles. The molecule has 9 unspecified atom stereocenters. The molecule has 5 aliphatic heterocycles. The second kappa shape index (κ2) is 24.6. The first-order valence-electron chi connectivity index (χ1n) is 29.0. The normalized spacial score (nSPS) is 30.3. The van der Waals surface area contributed by atoms with Crippen LogP contribution in [0, 0.1) is 33.0 Å². The number of rotatable bonds is 1. The largest absolute Gasteiger partial charge is 0.393 e. The van der Waals surface area contributed by atoms with Crippen LogP contribution in [-0.2, 0) is 4.74 Å². The quantitative estimate of drug-likeness (QED) is 0.243. The maximum absolute atomic E-state index is 14.1. The summed E-state index contributed by atoms with van der Waals surface area (Å²) in [5.41, 5.74) is 0.465. The summed E-state index contributed by atoms with van der Waals surface area (Å²) in [6.45, 7) is 71.6. The molecule has 0 N–H and O–H groups in total. The number of hydrogen-bond donors (Lipinski definition) is 0. The maximum atomic E-state index is 14.1. The number of hydrogen-bond acceptors (Lipinski definition) is 6. The third-order valence-electron chi connectivity index (χ3n) is 16.7. The Kier molecular flexibility index (Phi) is 23.8. The molecule has 0 spiro atoms. The lowest BCUT2D eigenvalue weighted by atomic mass is 9.82. The Hall–Kier alpha value is -0.590. The molecule has 0 aromatic heterocycles. The molecule has 5 aliphatic rings. The van der Waals surface area contributed by atoms with Crippen molar-refractivity contribution in [3.8, 4) is 0 Å². The van der Waals surface area contributed by atoms with Gasteiger partial charge in [0.2, 0.25) is 0 Å². The molecule has 5 saturated heterocycles. The third-order valence-corrected chi connectivity index (χ3v) is 16.7. The highest BCUT2D eigenvalue weighted by molar-refractivity contribution is 5.04. The molecule has 11 heteroatoms. The van der Waals surface area contributed by atoms with Gasteiger partial charge in [-0.25, -0.2) is 8.78 Å². The molecule has 0 saturated carbocycles. The number of nitrogens with zero attached hydrogens (tertiary/aromatic N) is 5. The van der Waals surface area contributed by atoms with Gasteiger partial charge in [-0.1, -0.05) is 104 Å². The van der Waals surface area contributed by atoms with Gasteiger partial charge in [0.15, 0.2) is 0 Å². The molecule has 444 valence electrons. The highest BCUT2D eigenvalue weighted by atomic mass is 19.4. The molecule has 0 aromatic rings. The zero-order valence-corrected chi connectivity index (χ0v) is 54.9. The molecule has 0 aliphatic carbocycles. The second-order valence-corrected chi connectivity index (χ2v) is 34.2. The van der Waals surface area contributed by atoms with E-state index in [1.54, 1.807) is 6.92 Å². The summed E-state index contributed by atoms with van der Waals surface area (Å²) in [4.78, 5) is 11.9. The molecule has 5 fully saturated rings. The average molecular weight is 1060 g/mol. The summed E-state index contributed by atoms with van der Waals surface area (Å²) in [5.74, 6) is -1.18. The predicted molar refractivity (Wildman–Crippen MR) is 311 cm³/mol. The van der Waals surface area contributed by atoms with E-state index < -0.39 is 23.9 Å². The summed E-state index contributed by atoms with van der Waals surface area (Å²) in [6.07, 6.45) is 1.20. The van der Waals surface area contributed by atoms with Gasteiger partial charge in [-0.05, 0) is 183 Å². The molecule has 5 heterocycles. The topological polar surface area (TPSA) is 25.4 Å². The van der Waals surface area contributed by atoms with E-state index in [9.17, 15) is 22.0 Å². The van der Waals surface area contributed by atoms with E-state index in [2.05, 4.69) is 186 Å². The lowest BCUT2D eigenvalue weighted by Crippen LogP contribution is -2.49. The summed E-state index contributed by atoms with van der Waals surface area (Å²) in [5, 5.41) is 0. The number of methoxy groups -OCH3 is 1. The van der Waals surface area contributed by atoms with Crippen molar-refractivity contribution >= 4 is 0 Å². The van der Waals surface area contributed by atoms with Crippen LogP contribution < -0.4 is 0 Å². The van der Waals surface area contributed by atoms with Gasteiger partial charge in [0.1, 0.15) is 11.8 Å². The van der Waals surface area contributed by atoms with E-state index in [1.165, 1.54) is 19.4 Å². The Balaban J connectivity index is 0.000000464. The van der Waals surface area contributed by atoms with Crippen molar-refractivity contribution in [3.05, 3.63) is 0 Å². The summed E-state index contributed by atoms with van der Waals surface area (Å²) >= 11 is 0. The molecule has 0 bridgehead atoms. The van der Waals surface area contributed by atoms with Gasteiger partial charge in [-0.15, -0.1) is 0 Å². The van der Waals surface area contributed by atoms with Crippen molar-refractivity contribution < 1.29 is 26.7 Å². The summed E-state index contributed by atoms with van der Waals surface area (Å²) < 4.78 is 71.7. The number of halogens is 5. The standard InChI is InChI=1S/C13H24F3N.C13H26FN.C13H27NO.C12H24FN.C12H25N/c1-11(2,3)10-7-9(13(14,15)16)8-17(10)12(4,5)6;1-11(2,3)10-8-13(7,14)9-15(10)12(4,5)6;1-12(2,3)11-8-10(15-7)9-14(11)13(4,5)6;1-11(2,3)10-7-9(13)8-14(10)12(4,5)6;1-11(2,3)10-8-7-9-13(10)12(4,5)6/h9-10H,7-8H2,1-6H3;10H,8-9H2,1-7H3;10-11H,8-9H2,1-7H3;9-10H,7-8H2,1-6H3;10H,7-9H2,1-6H3. The van der Waals surface area contributed by atoms with Crippen LogP contribution in [0.4, 0.5) is 22.0 Å². The molecule has 5 rings (SSSR count). The van der Waals surface area contributed by atoms with E-state index >= 15 is 0 Å². The fraction of sp³-hybridized carbons (Fsp3) is 1.00. The average Bonchev–Trinajstić information content (AvgIpc) is 3.97. The molecule has 6 nitrogen and oxygen atoms in total. The lowest BCUT2D eigenvalue weighted by Gasteiger charge is -2.43. The minimum absolute atomic E-state index is 0.00544. The molecule has 9 atom stereocenters. The number of likely N-dealkylation sites (tertiary alicyclic amines) is 5. The van der Waals surface area contributed by atoms with Crippen LogP contribution in [0.1, 0.15) is 253 Å². The Morgan fingerprint density at radius 1 is 0.419 bits per heavy atom. The third kappa shape index (κ3) is 21.8. The highest BCUT2D eigenvalue weighted by Crippen LogP contribution is 2.46. The fourth-order valence-electron chi connectivity index (χ4n) is 12.5. The minimum atomic E-state index is -4.07. The van der Waals surface area contributed by atoms with E-state index in [0.717, 1.165) is 19.0 Å². The van der Waals surface area contributed by atoms with Gasteiger partial charge in [0.25, 0.3) is 0 Å². The van der Waals surface area contributed by atoms with Gasteiger partial charge in [0.05, 0.1) is 12.0 Å². The smallest absolute Gasteiger partial charge is 0.380 e. The Labute approximate surface area is 457 Å². The second-order valence-electron chi connectivity index (χ2n) is 34.2. The van der Waals surface area contributed by atoms with Gasteiger partial charge < -0.3 is 4.74 Å². The van der Waals surface area contributed by atoms with Crippen LogP contribution in [0.3, 0.4) is 0 Å². The van der Waals surface area contributed by atoms with Crippen molar-refractivity contribution in [1.29, 1.82) is 0 Å². The van der Waals surface area contributed by atoms with E-state index in [1.807, 2.05) is 53.6 Å². The van der Waals surface area contributed by atoms with Crippen LogP contribution in [-0.4, -0.2) is 146 Å². The highest BCUT2D eigenvalue weighted by Gasteiger charge is 2.53. The van der Waals surface area contributed by atoms with Gasteiger partial charge >= 0.3 is 6.18 Å². The summed E-state index contributed by atoms with van der Waals surface area (Å²) in [7, 11) is 1.83. The first-order valence-corrected chi connectivity index (χ1v) is 29.0. The van der Waals surface area contributed by atoms with Crippen LogP contribution in [0.2, 0.25) is 0 Å². The van der Waals surface area contributed by atoms with E-state index in [0.29, 0.717) is 66.5 Å². The Morgan fingerprint density at radius 2 is 0.757 bits per heavy atom. The van der Waals surface area contributed by atoms with Crippen molar-refractivity contribution in [2.75, 3.05) is 39.8 Å². The first kappa shape index (κ1) is 71.4. The first-order chi connectivity index (χ1) is 32.3. The Bertz CT molecular complexity index is 1550. The van der Waals surface area contributed by atoms with E-state index in [4.69, 9.17) is 4.74 Å². The molecular formula is C63H126F5N5O. The van der Waals surface area contributed by atoms with E-state index in [-0.39, 0.29) is 57.4 Å². The number of ether oxygens (including phenoxy) is 1. The van der Waals surface area contributed by atoms with Gasteiger partial charge in [-0.3, -0.25) is 24.5 Å². The summed E-state index contributed by atoms with van der Waals surface area (Å²) in [6, 6.07) is 2.11. The Morgan fingerprint density at radius 3 is 1.03 bits per heavy atom. The molecule has 0 radical (unpaired) electrons. The van der Waals surface area contributed by atoms with Crippen molar-refractivity contribution in [1.82, 2.24) is 24.5 Å². The minimum Gasteiger partial charge on any atom is -0.380 e. The van der Waals surface area contributed by atoms with Gasteiger partial charge in [-0.2, -0.15) is 13.2 Å². The maximum Gasteiger partial charge on any atom is 0.393 e. The molecule has 74 heavy (non-hydrogen) atoms. The van der Waals surface area contributed by atoms with Crippen LogP contribution in [0.5, 0.6) is 0 Å². The van der Waals surface area contributed by atoms with Crippen molar-refractivity contribution in [3.63, 3.8) is 0 Å². The lowest BCUT2D eigenvalue weighted by molar-refractivity contribution is -0.171. The van der Waals surface area contributed by atoms with Gasteiger partial charge in [0, 0.05) is 91.2 Å². The fourth-order valence-corrected chi connectivity index (χ4v) is 12.5. The SMILES string of the molecule is CC(C)(C)C1CC(C(F)(F)F)CN1C(C)(C)C.CC(C)(C)C1CC(F)CN1C(C)(C)C.CC(C)(C)C1CCCN1C(C)(C)C.CC1(F)CC(C(C)(C)C)N(C(C)(C)C)C1.COC1CC(C(C)(C)C)N(C(C)(C)C)C1. The van der Waals surface area contributed by atoms with Crippen molar-refractivity contribution in [2.45, 2.75) is 335 Å². The monoisotopic (exact) mass is 1060 g/mol. The number of alkyl halides is 5. The molecule has 0 amide bonds. The zero-order chi connectivity index (χ0) is 59.0. The predicted octanol–water partition coefficient (Wildman–Crippen LogP) is 17.2.